The highest BCUT2D eigenvalue weighted by atomic mass is 79.9. The molecule has 0 unspecified atom stereocenters. The van der Waals surface area contributed by atoms with E-state index in [1.54, 1.807) is 6.20 Å². The number of hydrogen-bond donors (Lipinski definition) is 0. The zero-order valence-electron chi connectivity index (χ0n) is 8.01. The molecular formula is C10H8BrN3S. The van der Waals surface area contributed by atoms with E-state index in [-0.39, 0.29) is 0 Å². The van der Waals surface area contributed by atoms with Crippen molar-refractivity contribution >= 4 is 27.7 Å². The molecule has 0 saturated carbocycles. The molecule has 5 heteroatoms. The molecule has 2 heterocycles. The van der Waals surface area contributed by atoms with Crippen molar-refractivity contribution in [1.29, 1.82) is 0 Å². The Morgan fingerprint density at radius 2 is 1.93 bits per heavy atom. The van der Waals surface area contributed by atoms with Crippen LogP contribution in [0.3, 0.4) is 0 Å². The molecule has 0 amide bonds. The quantitative estimate of drug-likeness (QED) is 0.482. The second-order valence-corrected chi connectivity index (χ2v) is 4.36. The summed E-state index contributed by atoms with van der Waals surface area (Å²) in [4.78, 5) is 12.8. The Hall–Kier alpha value is -0.940. The summed E-state index contributed by atoms with van der Waals surface area (Å²) in [6.07, 6.45) is 3.70. The van der Waals surface area contributed by atoms with E-state index in [0.29, 0.717) is 0 Å². The summed E-state index contributed by atoms with van der Waals surface area (Å²) in [5.41, 5.74) is 1.69. The number of halogens is 1. The number of nitrogens with zero attached hydrogens (tertiary/aromatic N) is 3. The summed E-state index contributed by atoms with van der Waals surface area (Å²) in [6, 6.07) is 7.61. The fraction of sp³-hybridized carbons (Fsp3) is 0.100. The number of hydrogen-bond acceptors (Lipinski definition) is 4. The molecule has 0 aromatic carbocycles. The summed E-state index contributed by atoms with van der Waals surface area (Å²) in [5, 5.41) is 0.759. The lowest BCUT2D eigenvalue weighted by Crippen LogP contribution is -1.91. The van der Waals surface area contributed by atoms with Crippen LogP contribution in [0, 0.1) is 0 Å². The SMILES string of the molecule is CSc1nccc(-c2cccc(Br)n2)n1. The molecular weight excluding hydrogens is 274 g/mol. The van der Waals surface area contributed by atoms with Gasteiger partial charge in [0, 0.05) is 6.20 Å². The van der Waals surface area contributed by atoms with E-state index in [2.05, 4.69) is 30.9 Å². The molecule has 2 aromatic heterocycles. The third-order valence-electron chi connectivity index (χ3n) is 1.79. The van der Waals surface area contributed by atoms with Crippen molar-refractivity contribution in [3.8, 4) is 11.4 Å². The maximum atomic E-state index is 4.37. The van der Waals surface area contributed by atoms with Gasteiger partial charge in [-0.25, -0.2) is 15.0 Å². The third kappa shape index (κ3) is 2.54. The molecule has 0 radical (unpaired) electrons. The Morgan fingerprint density at radius 1 is 1.13 bits per heavy atom. The molecule has 76 valence electrons. The number of rotatable bonds is 2. The van der Waals surface area contributed by atoms with Crippen LogP contribution >= 0.6 is 27.7 Å². The van der Waals surface area contributed by atoms with E-state index >= 15 is 0 Å². The van der Waals surface area contributed by atoms with E-state index in [9.17, 15) is 0 Å². The second kappa shape index (κ2) is 4.72. The average molecular weight is 282 g/mol. The number of aromatic nitrogens is 3. The molecule has 0 aliphatic heterocycles. The van der Waals surface area contributed by atoms with Crippen molar-refractivity contribution in [3.05, 3.63) is 35.1 Å². The van der Waals surface area contributed by atoms with Gasteiger partial charge in [0.1, 0.15) is 4.60 Å². The minimum atomic E-state index is 0.759. The zero-order chi connectivity index (χ0) is 10.7. The summed E-state index contributed by atoms with van der Waals surface area (Å²) >= 11 is 4.86. The molecule has 0 bridgehead atoms. The maximum absolute atomic E-state index is 4.37. The molecule has 0 fully saturated rings. The largest absolute Gasteiger partial charge is 0.239 e. The van der Waals surface area contributed by atoms with Crippen LogP contribution in [0.25, 0.3) is 11.4 Å². The zero-order valence-corrected chi connectivity index (χ0v) is 10.4. The second-order valence-electron chi connectivity index (χ2n) is 2.77. The van der Waals surface area contributed by atoms with Gasteiger partial charge in [-0.15, -0.1) is 0 Å². The summed E-state index contributed by atoms with van der Waals surface area (Å²) in [6.45, 7) is 0. The number of pyridine rings is 1. The van der Waals surface area contributed by atoms with Gasteiger partial charge < -0.3 is 0 Å². The average Bonchev–Trinajstić information content (AvgIpc) is 2.29. The fourth-order valence-electron chi connectivity index (χ4n) is 1.13. The fourth-order valence-corrected chi connectivity index (χ4v) is 1.83. The molecule has 0 saturated heterocycles. The van der Waals surface area contributed by atoms with E-state index in [1.165, 1.54) is 11.8 Å². The van der Waals surface area contributed by atoms with Crippen molar-refractivity contribution in [2.75, 3.05) is 6.26 Å². The first-order valence-electron chi connectivity index (χ1n) is 4.29. The molecule has 0 aliphatic rings. The lowest BCUT2D eigenvalue weighted by Gasteiger charge is -2.01. The van der Waals surface area contributed by atoms with Gasteiger partial charge in [-0.2, -0.15) is 0 Å². The van der Waals surface area contributed by atoms with Crippen LogP contribution in [0.15, 0.2) is 40.2 Å². The maximum Gasteiger partial charge on any atom is 0.187 e. The molecule has 15 heavy (non-hydrogen) atoms. The minimum absolute atomic E-state index is 0.759. The van der Waals surface area contributed by atoms with Crippen molar-refractivity contribution in [2.45, 2.75) is 5.16 Å². The highest BCUT2D eigenvalue weighted by molar-refractivity contribution is 9.10. The van der Waals surface area contributed by atoms with E-state index in [0.717, 1.165) is 21.1 Å². The van der Waals surface area contributed by atoms with Crippen molar-refractivity contribution in [1.82, 2.24) is 15.0 Å². The van der Waals surface area contributed by atoms with Gasteiger partial charge in [-0.05, 0) is 40.4 Å². The Kier molecular flexibility index (Phi) is 3.33. The van der Waals surface area contributed by atoms with Crippen LogP contribution in [0.1, 0.15) is 0 Å². The van der Waals surface area contributed by atoms with Crippen LogP contribution in [0.2, 0.25) is 0 Å². The lowest BCUT2D eigenvalue weighted by molar-refractivity contribution is 0.970. The predicted molar refractivity (Wildman–Crippen MR) is 64.7 cm³/mol. The van der Waals surface area contributed by atoms with Gasteiger partial charge in [0.05, 0.1) is 11.4 Å². The Labute approximate surface area is 101 Å². The molecule has 0 atom stereocenters. The minimum Gasteiger partial charge on any atom is -0.239 e. The van der Waals surface area contributed by atoms with Crippen LogP contribution in [-0.2, 0) is 0 Å². The van der Waals surface area contributed by atoms with Gasteiger partial charge >= 0.3 is 0 Å². The van der Waals surface area contributed by atoms with Crippen LogP contribution in [0.5, 0.6) is 0 Å². The molecule has 2 aromatic rings. The Bertz CT molecular complexity index is 476. The summed E-state index contributed by atoms with van der Waals surface area (Å²) in [7, 11) is 0. The van der Waals surface area contributed by atoms with Gasteiger partial charge in [0.2, 0.25) is 0 Å². The van der Waals surface area contributed by atoms with Crippen LogP contribution < -0.4 is 0 Å². The topological polar surface area (TPSA) is 38.7 Å². The molecule has 0 spiro atoms. The molecule has 0 aliphatic carbocycles. The lowest BCUT2D eigenvalue weighted by atomic mass is 10.3. The Balaban J connectivity index is 2.44. The van der Waals surface area contributed by atoms with Crippen LogP contribution in [-0.4, -0.2) is 21.2 Å². The summed E-state index contributed by atoms with van der Waals surface area (Å²) < 4.78 is 0.810. The van der Waals surface area contributed by atoms with Crippen LogP contribution in [0.4, 0.5) is 0 Å². The van der Waals surface area contributed by atoms with E-state index in [4.69, 9.17) is 0 Å². The highest BCUT2D eigenvalue weighted by Crippen LogP contribution is 2.18. The summed E-state index contributed by atoms with van der Waals surface area (Å²) in [5.74, 6) is 0. The van der Waals surface area contributed by atoms with Gasteiger partial charge in [-0.3, -0.25) is 0 Å². The molecule has 2 rings (SSSR count). The first kappa shape index (κ1) is 10.6. The van der Waals surface area contributed by atoms with Crippen molar-refractivity contribution in [3.63, 3.8) is 0 Å². The monoisotopic (exact) mass is 281 g/mol. The standard InChI is InChI=1S/C10H8BrN3S/c1-15-10-12-6-5-8(14-10)7-3-2-4-9(11)13-7/h2-6H,1H3. The molecule has 0 N–H and O–H groups in total. The normalized spacial score (nSPS) is 10.3. The van der Waals surface area contributed by atoms with Gasteiger partial charge in [0.15, 0.2) is 5.16 Å². The van der Waals surface area contributed by atoms with Gasteiger partial charge in [-0.1, -0.05) is 17.8 Å². The van der Waals surface area contributed by atoms with E-state index < -0.39 is 0 Å². The van der Waals surface area contributed by atoms with E-state index in [1.807, 2.05) is 30.5 Å². The molecule has 3 nitrogen and oxygen atoms in total. The first-order valence-corrected chi connectivity index (χ1v) is 6.31. The Morgan fingerprint density at radius 3 is 2.67 bits per heavy atom. The highest BCUT2D eigenvalue weighted by Gasteiger charge is 2.02. The van der Waals surface area contributed by atoms with Gasteiger partial charge in [0.25, 0.3) is 0 Å². The van der Waals surface area contributed by atoms with Crippen molar-refractivity contribution < 1.29 is 0 Å². The smallest absolute Gasteiger partial charge is 0.187 e. The van der Waals surface area contributed by atoms with Crippen molar-refractivity contribution in [2.24, 2.45) is 0 Å². The predicted octanol–water partition coefficient (Wildman–Crippen LogP) is 3.02. The number of thioether (sulfide) groups is 1. The third-order valence-corrected chi connectivity index (χ3v) is 2.80. The first-order chi connectivity index (χ1) is 7.29.